The maximum Gasteiger partial charge on any atom is 1.00 e. The van der Waals surface area contributed by atoms with Crippen LogP contribution < -0.4 is 197 Å². The molecule has 2 unspecified atom stereocenters. The molecule has 2 aliphatic carbocycles. The van der Waals surface area contributed by atoms with Crippen molar-refractivity contribution in [3.05, 3.63) is 219 Å². The minimum Gasteiger partial charge on any atom is -0.748 e. The van der Waals surface area contributed by atoms with Crippen molar-refractivity contribution in [1.82, 2.24) is 4.90 Å². The summed E-state index contributed by atoms with van der Waals surface area (Å²) in [4.78, 5) is 21.4. The molecule has 2 atom stereocenters. The molecular formula is C97H117N8Na6O23S8+. The number of fused-ring (bicyclic) bond motifs is 8. The molecule has 6 heterocycles. The second-order valence-corrected chi connectivity index (χ2v) is 49.0. The molecule has 6 aromatic carbocycles. The Bertz CT molecular complexity index is 6790. The third-order valence-electron chi connectivity index (χ3n) is 27.8. The van der Waals surface area contributed by atoms with E-state index in [2.05, 4.69) is 85.5 Å². The number of rotatable bonds is 29. The molecule has 0 aromatic heterocycles. The molecule has 31 nitrogen and oxygen atoms in total. The van der Waals surface area contributed by atoms with Crippen molar-refractivity contribution >= 4 is 151 Å². The fourth-order valence-corrected chi connectivity index (χ4v) is 23.9. The van der Waals surface area contributed by atoms with E-state index < -0.39 is 114 Å². The molecule has 6 aromatic rings. The van der Waals surface area contributed by atoms with Crippen molar-refractivity contribution in [1.29, 1.82) is 0 Å². The van der Waals surface area contributed by atoms with Crippen molar-refractivity contribution in [3.8, 4) is 0 Å². The van der Waals surface area contributed by atoms with Crippen LogP contribution in [0.4, 0.5) is 22.7 Å². The number of aliphatic imine (C=N–C) groups is 1. The predicted octanol–water partition coefficient (Wildman–Crippen LogP) is -5.81. The van der Waals surface area contributed by atoms with Gasteiger partial charge < -0.3 is 61.4 Å². The van der Waals surface area contributed by atoms with Crippen molar-refractivity contribution in [2.75, 3.05) is 116 Å². The Balaban J connectivity index is 0.000000416. The molecule has 1 N–H and O–H groups in total. The second-order valence-electron chi connectivity index (χ2n) is 38.0. The monoisotopic (exact) mass is 2160 g/mol. The van der Waals surface area contributed by atoms with E-state index in [0.29, 0.717) is 60.3 Å². The molecule has 6 aliphatic heterocycles. The van der Waals surface area contributed by atoms with E-state index in [4.69, 9.17) is 17.0 Å². The van der Waals surface area contributed by atoms with Gasteiger partial charge in [0, 0.05) is 164 Å². The summed E-state index contributed by atoms with van der Waals surface area (Å²) in [6.45, 7) is 30.1. The molecule has 2 saturated carbocycles. The molecule has 0 radical (unpaired) electrons. The number of benzene rings is 6. The minimum atomic E-state index is -4.76. The Morgan fingerprint density at radius 2 is 0.782 bits per heavy atom. The van der Waals surface area contributed by atoms with Crippen LogP contribution in [0, 0.1) is 12.8 Å². The molecule has 0 bridgehead atoms. The molecule has 8 aliphatic rings. The zero-order valence-corrected chi connectivity index (χ0v) is 103. The van der Waals surface area contributed by atoms with Crippen LogP contribution >= 0.6 is 12.2 Å². The van der Waals surface area contributed by atoms with Crippen LogP contribution in [0.2, 0.25) is 0 Å². The number of hydrogen-bond acceptors (Lipinski definition) is 30. The Morgan fingerprint density at radius 3 is 1.14 bits per heavy atom. The van der Waals surface area contributed by atoms with E-state index in [1.807, 2.05) is 106 Å². The molecular weight excluding hydrogens is 2040 g/mol. The van der Waals surface area contributed by atoms with Crippen LogP contribution in [0.25, 0.3) is 21.5 Å². The number of aryl methyl sites for hydroxylation is 1. The molecule has 736 valence electrons. The first-order valence-electron chi connectivity index (χ1n) is 45.3. The molecule has 142 heavy (non-hydrogen) atoms. The van der Waals surface area contributed by atoms with Gasteiger partial charge in [-0.05, 0) is 232 Å². The number of aliphatic hydroxyl groups is 1. The van der Waals surface area contributed by atoms with Gasteiger partial charge in [0.05, 0.1) is 80.0 Å². The van der Waals surface area contributed by atoms with Crippen LogP contribution in [0.3, 0.4) is 0 Å². The Hall–Kier alpha value is -2.94. The SMILES string of the molecule is C=O.CC(CCN1C(=CC=C2CC/C(=C\C=C3\N(CCC(C)S(=O)(=O)[O-])c4ccc5cc(S(=O)(=O)[O-])ccc5c4C3(C)C)C2=[N+]2CCC(CCCO)CC2)C(C)(C)c2c1ccc1cc(S(=O)(=O)[O-])ccc21)S(=O)(=O)[O-].Cc1ccc2c(c1)C(C)(C)C(=CC=C1CC/C(=C\C=C3\N(CCCS(=O)(=O)[O-])c4ccc(S(=O)(=O)[O-])cc4C3(C)C)C1=[N+]1CCN(CCN=C=S)CC1)N2CCCS(=O)(=O)[O-].[Na+].[Na+].[Na+].[Na+].[Na+].[Na+]. The van der Waals surface area contributed by atoms with E-state index in [0.717, 1.165) is 185 Å². The Kier molecular flexibility index (Phi) is 46.5. The average Bonchev–Trinajstić information content (AvgIpc) is 1.55. The summed E-state index contributed by atoms with van der Waals surface area (Å²) in [5.74, 6) is -0.573. The average molecular weight is 2160 g/mol. The van der Waals surface area contributed by atoms with Gasteiger partial charge in [0.15, 0.2) is 13.1 Å². The molecule has 0 amide bonds. The smallest absolute Gasteiger partial charge is 0.748 e. The molecule has 4 fully saturated rings. The van der Waals surface area contributed by atoms with Crippen molar-refractivity contribution in [2.24, 2.45) is 10.9 Å². The number of thiocarbonyl (C=S) groups is 1. The summed E-state index contributed by atoms with van der Waals surface area (Å²) in [5, 5.41) is 12.2. The summed E-state index contributed by atoms with van der Waals surface area (Å²) >= 11 is 4.76. The quantitative estimate of drug-likeness (QED) is 0.0150. The minimum absolute atomic E-state index is 0. The molecule has 0 spiro atoms. The Labute approximate surface area is 975 Å². The van der Waals surface area contributed by atoms with Crippen LogP contribution in [0.1, 0.15) is 174 Å². The summed E-state index contributed by atoms with van der Waals surface area (Å²) in [7, 11) is -32.3. The van der Waals surface area contributed by atoms with Crippen molar-refractivity contribution in [2.45, 2.75) is 200 Å². The van der Waals surface area contributed by atoms with E-state index >= 15 is 0 Å². The number of aliphatic hydroxyl groups excluding tert-OH is 1. The van der Waals surface area contributed by atoms with Gasteiger partial charge in [0.2, 0.25) is 11.4 Å². The van der Waals surface area contributed by atoms with Gasteiger partial charge in [-0.15, -0.1) is 0 Å². The maximum atomic E-state index is 12.1. The zero-order chi connectivity index (χ0) is 99.8. The van der Waals surface area contributed by atoms with Gasteiger partial charge in [0.1, 0.15) is 50.2 Å². The van der Waals surface area contributed by atoms with E-state index in [1.165, 1.54) is 50.2 Å². The number of allylic oxidation sites excluding steroid dienone is 16. The number of carbonyl (C=O) groups is 1. The van der Waals surface area contributed by atoms with E-state index in [1.54, 1.807) is 30.3 Å². The molecule has 2 saturated heterocycles. The van der Waals surface area contributed by atoms with Gasteiger partial charge >= 0.3 is 177 Å². The first-order chi connectivity index (χ1) is 63.5. The van der Waals surface area contributed by atoms with Crippen molar-refractivity contribution < 1.29 is 287 Å². The number of piperidine rings is 1. The first kappa shape index (κ1) is 128. The standard InChI is InChI=1S/C53H65N3O13S4.C43H55N5O9S4.CH2O.6Na/c1-34(70(58,59)60)23-29-55-45-19-11-39-32-41(72(64,65)66)15-17-43(39)49(45)52(3,4)47(55)21-13-37-9-10-38(51(37)54-27-25-36(26-28-54)8-7-31-57)14-22-48-53(5,6)50-44-18-16-42(73(67,68)69)33-40(44)12-20-46(50)56(48)30-24-35(2)71(61,62)63;1-31-8-14-37-35(28-31)42(2,3)39(47(37)19-6-26-59(49,50)51)16-11-32-9-10-33(41(32)46-24-22-45(23-25-46)21-18-44-30-58)12-17-40-43(4,5)36-29-34(61(55,56)57)13-15-38(36)48(40)20-7-27-60(52,53)54;1-2;;;;;;/h11-22,32-36,57H,7-10,23-31H2,1-6H3,(H3-,58,59,60,61,62,63,64,65,66,67,68,69);8,11-17,28-29H,6-7,9-10,18-27H2,1-5H3,(H2-,49,50,51,52,53,54,55,56,57);1H2;;;;;;/q;;;6*+1/p-5. The number of anilines is 4. The van der Waals surface area contributed by atoms with Crippen LogP contribution in [-0.4, -0.2) is 240 Å². The summed E-state index contributed by atoms with van der Waals surface area (Å²) in [6.07, 6.45) is 23.2. The van der Waals surface area contributed by atoms with Gasteiger partial charge in [-0.3, -0.25) is 4.90 Å². The maximum absolute atomic E-state index is 12.1. The number of isothiocyanates is 1. The second kappa shape index (κ2) is 51.7. The normalized spacial score (nSPS) is 20.9. The number of piperazine rings is 1. The topological polar surface area (TPSA) is 472 Å². The van der Waals surface area contributed by atoms with Gasteiger partial charge in [-0.2, -0.15) is 0 Å². The van der Waals surface area contributed by atoms with Gasteiger partial charge in [0.25, 0.3) is 0 Å². The van der Waals surface area contributed by atoms with Gasteiger partial charge in [-0.1, -0.05) is 122 Å². The number of hydrogen-bond donors (Lipinski definition) is 1. The van der Waals surface area contributed by atoms with Crippen LogP contribution in [0.5, 0.6) is 0 Å². The molecule has 14 rings (SSSR count). The fourth-order valence-electron chi connectivity index (χ4n) is 20.6. The summed E-state index contributed by atoms with van der Waals surface area (Å²) in [6, 6.07) is 26.1. The third-order valence-corrected chi connectivity index (χ3v) is 34.4. The van der Waals surface area contributed by atoms with Crippen molar-refractivity contribution in [3.63, 3.8) is 0 Å². The van der Waals surface area contributed by atoms with Gasteiger partial charge in [-0.25, -0.2) is 73.1 Å². The molecule has 45 heteroatoms. The summed E-state index contributed by atoms with van der Waals surface area (Å²) < 4.78 is 256. The zero-order valence-electron chi connectivity index (χ0n) is 84.2. The fraction of sp³-hybridized carbons (Fsp3) is 0.464. The first-order valence-corrected chi connectivity index (χ1v) is 56.0. The van der Waals surface area contributed by atoms with E-state index in [-0.39, 0.29) is 244 Å². The largest absolute Gasteiger partial charge is 1.00 e. The third kappa shape index (κ3) is 29.7. The predicted molar refractivity (Wildman–Crippen MR) is 522 cm³/mol. The number of carbonyl (C=O) groups excluding carboxylic acids is 1. The Morgan fingerprint density at radius 1 is 0.444 bits per heavy atom. The van der Waals surface area contributed by atoms with Crippen LogP contribution in [-0.2, 0) is 97.3 Å². The number of nitrogens with zero attached hydrogens (tertiary/aromatic N) is 8. The summed E-state index contributed by atoms with van der Waals surface area (Å²) in [5.41, 5.74) is 14.9. The van der Waals surface area contributed by atoms with E-state index in [9.17, 15) is 95.9 Å². The van der Waals surface area contributed by atoms with Crippen LogP contribution in [0.15, 0.2) is 210 Å².